The maximum atomic E-state index is 11.2. The molecule has 27 heavy (non-hydrogen) atoms. The van der Waals surface area contributed by atoms with Gasteiger partial charge >= 0.3 is 0 Å². The monoisotopic (exact) mass is 379 g/mol. The second kappa shape index (κ2) is 6.73. The summed E-state index contributed by atoms with van der Waals surface area (Å²) in [5.41, 5.74) is 1.53. The molecule has 0 atom stereocenters. The van der Waals surface area contributed by atoms with E-state index in [-0.39, 0.29) is 11.4 Å². The predicted octanol–water partition coefficient (Wildman–Crippen LogP) is 5.36. The van der Waals surface area contributed by atoms with E-state index in [1.165, 1.54) is 24.3 Å². The van der Waals surface area contributed by atoms with E-state index in [1.807, 2.05) is 34.9 Å². The maximum absolute atomic E-state index is 11.2. The van der Waals surface area contributed by atoms with Gasteiger partial charge in [-0.05, 0) is 24.3 Å². The first-order valence-corrected chi connectivity index (χ1v) is 9.06. The summed E-state index contributed by atoms with van der Waals surface area (Å²) in [6, 6.07) is 19.2. The van der Waals surface area contributed by atoms with Crippen molar-refractivity contribution in [1.29, 1.82) is 0 Å². The van der Waals surface area contributed by atoms with Crippen molar-refractivity contribution in [3.63, 3.8) is 0 Å². The molecule has 7 nitrogen and oxygen atoms in total. The Kier molecular flexibility index (Phi) is 4.25. The third kappa shape index (κ3) is 3.11. The van der Waals surface area contributed by atoms with Crippen LogP contribution in [0.4, 0.5) is 11.4 Å². The Morgan fingerprint density at radius 2 is 1.30 bits per heavy atom. The van der Waals surface area contributed by atoms with Crippen LogP contribution in [0.1, 0.15) is 0 Å². The standard InChI is InChI=1S/C19H13N3O4S/c23-21(24)13-6-8-18-16(10-13)17-11-14(22(25)26)7-9-19(17)20(18)12-27-15-4-2-1-3-5-15/h1-11H,12H2. The zero-order chi connectivity index (χ0) is 19.0. The molecule has 0 aliphatic heterocycles. The molecule has 0 aliphatic rings. The number of benzene rings is 3. The zero-order valence-electron chi connectivity index (χ0n) is 13.9. The molecule has 0 fully saturated rings. The molecule has 0 bridgehead atoms. The number of thioether (sulfide) groups is 1. The van der Waals surface area contributed by atoms with E-state index < -0.39 is 9.85 Å². The first-order chi connectivity index (χ1) is 13.0. The van der Waals surface area contributed by atoms with Gasteiger partial charge in [0.15, 0.2) is 0 Å². The number of aromatic nitrogens is 1. The summed E-state index contributed by atoms with van der Waals surface area (Å²) < 4.78 is 2.02. The lowest BCUT2D eigenvalue weighted by atomic mass is 10.1. The SMILES string of the molecule is O=[N+]([O-])c1ccc2c(c1)c1cc([N+](=O)[O-])ccc1n2CSc1ccccc1. The summed E-state index contributed by atoms with van der Waals surface area (Å²) in [7, 11) is 0. The Labute approximate surface area is 157 Å². The molecule has 4 rings (SSSR count). The van der Waals surface area contributed by atoms with Gasteiger partial charge in [0.1, 0.15) is 0 Å². The topological polar surface area (TPSA) is 91.2 Å². The fourth-order valence-electron chi connectivity index (χ4n) is 3.10. The Hall–Kier alpha value is -3.39. The van der Waals surface area contributed by atoms with Crippen molar-refractivity contribution in [2.24, 2.45) is 0 Å². The van der Waals surface area contributed by atoms with Crippen molar-refractivity contribution in [3.8, 4) is 0 Å². The number of nitrogens with zero attached hydrogens (tertiary/aromatic N) is 3. The van der Waals surface area contributed by atoms with Crippen LogP contribution in [0.3, 0.4) is 0 Å². The maximum Gasteiger partial charge on any atom is 0.270 e. The molecule has 3 aromatic carbocycles. The number of hydrogen-bond donors (Lipinski definition) is 0. The van der Waals surface area contributed by atoms with Crippen LogP contribution in [-0.4, -0.2) is 14.4 Å². The van der Waals surface area contributed by atoms with Crippen LogP contribution in [-0.2, 0) is 5.88 Å². The number of hydrogen-bond acceptors (Lipinski definition) is 5. The lowest BCUT2D eigenvalue weighted by Crippen LogP contribution is -1.94. The number of fused-ring (bicyclic) bond motifs is 3. The van der Waals surface area contributed by atoms with Gasteiger partial charge in [-0.25, -0.2) is 0 Å². The van der Waals surface area contributed by atoms with Gasteiger partial charge in [-0.1, -0.05) is 18.2 Å². The number of rotatable bonds is 5. The van der Waals surface area contributed by atoms with Crippen LogP contribution in [0.2, 0.25) is 0 Å². The minimum atomic E-state index is -0.460. The van der Waals surface area contributed by atoms with Crippen molar-refractivity contribution in [1.82, 2.24) is 4.57 Å². The Morgan fingerprint density at radius 1 is 0.778 bits per heavy atom. The lowest BCUT2D eigenvalue weighted by Gasteiger charge is -2.07. The summed E-state index contributed by atoms with van der Waals surface area (Å²) >= 11 is 1.62. The molecule has 0 radical (unpaired) electrons. The molecule has 0 saturated heterocycles. The number of nitro benzene ring substituents is 2. The second-order valence-corrected chi connectivity index (χ2v) is 6.95. The van der Waals surface area contributed by atoms with Gasteiger partial charge in [-0.15, -0.1) is 11.8 Å². The zero-order valence-corrected chi connectivity index (χ0v) is 14.8. The summed E-state index contributed by atoms with van der Waals surface area (Å²) in [6.07, 6.45) is 0. The van der Waals surface area contributed by atoms with E-state index in [9.17, 15) is 20.2 Å². The molecule has 0 saturated carbocycles. The largest absolute Gasteiger partial charge is 0.330 e. The van der Waals surface area contributed by atoms with Gasteiger partial charge in [0.05, 0.1) is 26.8 Å². The Balaban J connectivity index is 1.90. The summed E-state index contributed by atoms with van der Waals surface area (Å²) in [5, 5.41) is 23.6. The van der Waals surface area contributed by atoms with Gasteiger partial charge in [0, 0.05) is 39.9 Å². The summed E-state index contributed by atoms with van der Waals surface area (Å²) in [5.74, 6) is 0.583. The van der Waals surface area contributed by atoms with Crippen LogP contribution < -0.4 is 0 Å². The Morgan fingerprint density at radius 3 is 1.78 bits per heavy atom. The molecule has 0 aliphatic carbocycles. The van der Waals surface area contributed by atoms with Crippen molar-refractivity contribution in [2.75, 3.05) is 0 Å². The van der Waals surface area contributed by atoms with E-state index in [4.69, 9.17) is 0 Å². The molecule has 0 N–H and O–H groups in total. The normalized spacial score (nSPS) is 11.1. The molecular weight excluding hydrogens is 366 g/mol. The first-order valence-electron chi connectivity index (χ1n) is 8.07. The van der Waals surface area contributed by atoms with Gasteiger partial charge in [0.25, 0.3) is 11.4 Å². The molecule has 1 heterocycles. The van der Waals surface area contributed by atoms with Crippen molar-refractivity contribution in [2.45, 2.75) is 10.8 Å². The third-order valence-corrected chi connectivity index (χ3v) is 5.35. The van der Waals surface area contributed by atoms with E-state index in [2.05, 4.69) is 0 Å². The molecule has 1 aromatic heterocycles. The lowest BCUT2D eigenvalue weighted by molar-refractivity contribution is -0.385. The van der Waals surface area contributed by atoms with Crippen molar-refractivity contribution in [3.05, 3.63) is 87.0 Å². The van der Waals surface area contributed by atoms with Gasteiger partial charge in [0.2, 0.25) is 0 Å². The van der Waals surface area contributed by atoms with E-state index >= 15 is 0 Å². The minimum Gasteiger partial charge on any atom is -0.330 e. The minimum absolute atomic E-state index is 0.0382. The van der Waals surface area contributed by atoms with Gasteiger partial charge in [-0.2, -0.15) is 0 Å². The summed E-state index contributed by atoms with van der Waals surface area (Å²) in [4.78, 5) is 22.5. The van der Waals surface area contributed by atoms with Crippen LogP contribution in [0.25, 0.3) is 21.8 Å². The smallest absolute Gasteiger partial charge is 0.270 e. The predicted molar refractivity (Wildman–Crippen MR) is 105 cm³/mol. The van der Waals surface area contributed by atoms with Crippen molar-refractivity contribution < 1.29 is 9.85 Å². The molecule has 0 unspecified atom stereocenters. The average Bonchev–Trinajstić information content (AvgIpc) is 2.99. The van der Waals surface area contributed by atoms with Crippen LogP contribution >= 0.6 is 11.8 Å². The molecule has 0 spiro atoms. The number of non-ortho nitro benzene ring substituents is 2. The highest BCUT2D eigenvalue weighted by Crippen LogP contribution is 2.35. The summed E-state index contributed by atoms with van der Waals surface area (Å²) in [6.45, 7) is 0. The highest BCUT2D eigenvalue weighted by atomic mass is 32.2. The number of nitro groups is 2. The second-order valence-electron chi connectivity index (χ2n) is 5.93. The Bertz CT molecular complexity index is 1120. The molecule has 4 aromatic rings. The van der Waals surface area contributed by atoms with Gasteiger partial charge < -0.3 is 4.57 Å². The van der Waals surface area contributed by atoms with E-state index in [1.54, 1.807) is 23.9 Å². The average molecular weight is 379 g/mol. The van der Waals surface area contributed by atoms with Gasteiger partial charge in [-0.3, -0.25) is 20.2 Å². The molecule has 134 valence electrons. The fourth-order valence-corrected chi connectivity index (χ4v) is 4.01. The first kappa shape index (κ1) is 17.0. The van der Waals surface area contributed by atoms with E-state index in [0.29, 0.717) is 16.6 Å². The highest BCUT2D eigenvalue weighted by Gasteiger charge is 2.17. The van der Waals surface area contributed by atoms with Crippen LogP contribution in [0, 0.1) is 20.2 Å². The van der Waals surface area contributed by atoms with Crippen LogP contribution in [0.5, 0.6) is 0 Å². The quantitative estimate of drug-likeness (QED) is 0.264. The molecular formula is C19H13N3O4S. The van der Waals surface area contributed by atoms with Crippen molar-refractivity contribution >= 4 is 44.9 Å². The highest BCUT2D eigenvalue weighted by molar-refractivity contribution is 7.98. The third-order valence-electron chi connectivity index (χ3n) is 4.36. The molecule has 0 amide bonds. The molecule has 8 heteroatoms. The fraction of sp³-hybridized carbons (Fsp3) is 0.0526. The van der Waals surface area contributed by atoms with Crippen LogP contribution in [0.15, 0.2) is 71.6 Å². The van der Waals surface area contributed by atoms with E-state index in [0.717, 1.165) is 15.9 Å².